The summed E-state index contributed by atoms with van der Waals surface area (Å²) in [6, 6.07) is 71.7. The van der Waals surface area contributed by atoms with Crippen molar-refractivity contribution in [3.8, 4) is 78.6 Å². The van der Waals surface area contributed by atoms with Gasteiger partial charge in [-0.15, -0.1) is 0 Å². The van der Waals surface area contributed by atoms with Crippen LogP contribution in [-0.4, -0.2) is 19.6 Å². The van der Waals surface area contributed by atoms with Crippen molar-refractivity contribution in [3.63, 3.8) is 0 Å². The maximum atomic E-state index is 11.9. The summed E-state index contributed by atoms with van der Waals surface area (Å²) in [6.07, 6.45) is 8.23. The largest absolute Gasteiger partial charge is 0.507 e. The maximum absolute atomic E-state index is 11.9. The summed E-state index contributed by atoms with van der Waals surface area (Å²) in [4.78, 5) is 10.7. The van der Waals surface area contributed by atoms with Gasteiger partial charge < -0.3 is 5.11 Å². The predicted octanol–water partition coefficient (Wildman–Crippen LogP) is 17.5. The smallest absolute Gasteiger partial charge is 0.149 e. The molecule has 4 heteroatoms. The Kier molecular flexibility index (Phi) is 12.1. The molecule has 1 aliphatic carbocycles. The number of phenols is 1. The van der Waals surface area contributed by atoms with E-state index in [9.17, 15) is 5.11 Å². The highest BCUT2D eigenvalue weighted by Gasteiger charge is 2.26. The van der Waals surface area contributed by atoms with Gasteiger partial charge in [-0.25, -0.2) is 4.98 Å². The molecule has 71 heavy (non-hydrogen) atoms. The minimum Gasteiger partial charge on any atom is -0.507 e. The second kappa shape index (κ2) is 18.8. The quantitative estimate of drug-likeness (QED) is 0.141. The zero-order valence-electron chi connectivity index (χ0n) is 41.5. The van der Waals surface area contributed by atoms with Gasteiger partial charge in [0.2, 0.25) is 0 Å². The molecule has 0 unspecified atom stereocenters. The van der Waals surface area contributed by atoms with Gasteiger partial charge in [-0.1, -0.05) is 200 Å². The molecule has 1 aliphatic rings. The molecule has 11 rings (SSSR count). The van der Waals surface area contributed by atoms with Gasteiger partial charge in [0.25, 0.3) is 0 Å². The standard InChI is InChI=1S/C67H61N3O/c1-66(2,3)55-32-34-63(71)59(44-55)65-69-64-57(29-18-30-62(64)70(65)61-33-31-46(37-45-19-15-16-20-45)38-58(61)48-23-11-7-12-24-48)52-39-51(47-21-9-6-10-22-47)40-53(41-52)60-43-50(35-36-68-60)49-25-17-28-56(42-49)67(4,5)54-26-13-8-14-27-54/h6-14,17-18,21-36,38-45,71H,15-16,19-20,37H2,1-5H3. The van der Waals surface area contributed by atoms with Crippen molar-refractivity contribution in [1.82, 2.24) is 14.5 Å². The van der Waals surface area contributed by atoms with Crippen LogP contribution in [0.15, 0.2) is 206 Å². The zero-order valence-corrected chi connectivity index (χ0v) is 41.5. The first-order valence-corrected chi connectivity index (χ1v) is 25.4. The first kappa shape index (κ1) is 45.6. The van der Waals surface area contributed by atoms with E-state index in [-0.39, 0.29) is 16.6 Å². The lowest BCUT2D eigenvalue weighted by molar-refractivity contribution is 0.475. The van der Waals surface area contributed by atoms with Crippen LogP contribution in [0.2, 0.25) is 0 Å². The molecule has 1 N–H and O–H groups in total. The molecule has 0 amide bonds. The molecule has 1 fully saturated rings. The summed E-state index contributed by atoms with van der Waals surface area (Å²) in [6.45, 7) is 11.2. The number of pyridine rings is 1. The van der Waals surface area contributed by atoms with Gasteiger partial charge in [-0.05, 0) is 134 Å². The van der Waals surface area contributed by atoms with Crippen LogP contribution in [0.1, 0.15) is 82.6 Å². The molecule has 0 bridgehead atoms. The fraction of sp³-hybridized carbons (Fsp3) is 0.194. The molecular formula is C67H61N3O. The van der Waals surface area contributed by atoms with E-state index in [4.69, 9.17) is 9.97 Å². The minimum atomic E-state index is -0.171. The highest BCUT2D eigenvalue weighted by Crippen LogP contribution is 2.44. The van der Waals surface area contributed by atoms with E-state index in [0.29, 0.717) is 17.3 Å². The van der Waals surface area contributed by atoms with Gasteiger partial charge in [0.15, 0.2) is 0 Å². The Bertz CT molecular complexity index is 3520. The second-order valence-corrected chi connectivity index (χ2v) is 21.2. The van der Waals surface area contributed by atoms with Crippen molar-refractivity contribution in [2.75, 3.05) is 0 Å². The average Bonchev–Trinajstić information content (AvgIpc) is 4.07. The first-order chi connectivity index (χ1) is 34.5. The van der Waals surface area contributed by atoms with E-state index in [0.717, 1.165) is 84.5 Å². The van der Waals surface area contributed by atoms with Gasteiger partial charge in [0, 0.05) is 28.3 Å². The number of benzene rings is 8. The third-order valence-electron chi connectivity index (χ3n) is 15.0. The first-order valence-electron chi connectivity index (χ1n) is 25.4. The lowest BCUT2D eigenvalue weighted by atomic mass is 9.77. The van der Waals surface area contributed by atoms with Crippen LogP contribution < -0.4 is 0 Å². The third kappa shape index (κ3) is 9.12. The Morgan fingerprint density at radius 3 is 1.89 bits per heavy atom. The molecule has 0 radical (unpaired) electrons. The number of hydrogen-bond donors (Lipinski definition) is 1. The SMILES string of the molecule is CC(C)(C)c1ccc(O)c(-c2nc3c(-c4cc(-c5ccccc5)cc(-c5cc(-c6cccc(C(C)(C)c7ccccc7)c6)ccn5)c4)cccc3n2-c2ccc(CC3CCCC3)cc2-c2ccccc2)c1. The number of phenolic OH excluding ortho intramolecular Hbond substituents is 1. The monoisotopic (exact) mass is 923 g/mol. The number of aromatic hydroxyl groups is 1. The summed E-state index contributed by atoms with van der Waals surface area (Å²) in [5.41, 5.74) is 18.9. The summed E-state index contributed by atoms with van der Waals surface area (Å²) in [5, 5.41) is 11.9. The van der Waals surface area contributed by atoms with Crippen LogP contribution in [0.3, 0.4) is 0 Å². The number of aromatic nitrogens is 3. The van der Waals surface area contributed by atoms with Crippen LogP contribution in [-0.2, 0) is 17.3 Å². The van der Waals surface area contributed by atoms with Crippen molar-refractivity contribution in [2.45, 2.75) is 77.6 Å². The van der Waals surface area contributed by atoms with E-state index in [2.05, 4.69) is 227 Å². The van der Waals surface area contributed by atoms with Gasteiger partial charge in [0.1, 0.15) is 11.6 Å². The highest BCUT2D eigenvalue weighted by atomic mass is 16.3. The van der Waals surface area contributed by atoms with Gasteiger partial charge in [0.05, 0.1) is 28.0 Å². The van der Waals surface area contributed by atoms with E-state index in [1.54, 1.807) is 0 Å². The van der Waals surface area contributed by atoms with E-state index >= 15 is 0 Å². The molecule has 0 aliphatic heterocycles. The fourth-order valence-electron chi connectivity index (χ4n) is 10.8. The molecular weight excluding hydrogens is 863 g/mol. The molecule has 2 heterocycles. The number of rotatable bonds is 11. The Morgan fingerprint density at radius 1 is 0.493 bits per heavy atom. The number of imidazole rings is 1. The normalized spacial score (nSPS) is 13.3. The Morgan fingerprint density at radius 2 is 1.14 bits per heavy atom. The number of nitrogens with zero attached hydrogens (tertiary/aromatic N) is 3. The molecule has 0 atom stereocenters. The lowest BCUT2D eigenvalue weighted by Gasteiger charge is -2.26. The van der Waals surface area contributed by atoms with Crippen molar-refractivity contribution < 1.29 is 5.11 Å². The van der Waals surface area contributed by atoms with Gasteiger partial charge >= 0.3 is 0 Å². The number of hydrogen-bond acceptors (Lipinski definition) is 3. The van der Waals surface area contributed by atoms with E-state index in [1.807, 2.05) is 18.3 Å². The zero-order chi connectivity index (χ0) is 48.7. The van der Waals surface area contributed by atoms with Crippen LogP contribution in [0.4, 0.5) is 0 Å². The van der Waals surface area contributed by atoms with Crippen molar-refractivity contribution in [2.24, 2.45) is 5.92 Å². The number of para-hydroxylation sites is 1. The summed E-state index contributed by atoms with van der Waals surface area (Å²) in [7, 11) is 0. The molecule has 0 spiro atoms. The molecule has 350 valence electrons. The van der Waals surface area contributed by atoms with E-state index < -0.39 is 0 Å². The highest BCUT2D eigenvalue weighted by molar-refractivity contribution is 5.98. The lowest BCUT2D eigenvalue weighted by Crippen LogP contribution is -2.18. The van der Waals surface area contributed by atoms with E-state index in [1.165, 1.54) is 42.4 Å². The molecule has 1 saturated carbocycles. The van der Waals surface area contributed by atoms with Crippen LogP contribution in [0, 0.1) is 5.92 Å². The van der Waals surface area contributed by atoms with Crippen molar-refractivity contribution in [1.29, 1.82) is 0 Å². The molecule has 2 aromatic heterocycles. The fourth-order valence-corrected chi connectivity index (χ4v) is 10.8. The Balaban J connectivity index is 1.10. The second-order valence-electron chi connectivity index (χ2n) is 21.2. The maximum Gasteiger partial charge on any atom is 0.149 e. The molecule has 0 saturated heterocycles. The van der Waals surface area contributed by atoms with Crippen molar-refractivity contribution >= 4 is 11.0 Å². The molecule has 8 aromatic carbocycles. The van der Waals surface area contributed by atoms with Gasteiger partial charge in [-0.2, -0.15) is 0 Å². The average molecular weight is 924 g/mol. The van der Waals surface area contributed by atoms with Gasteiger partial charge in [-0.3, -0.25) is 9.55 Å². The number of fused-ring (bicyclic) bond motifs is 1. The van der Waals surface area contributed by atoms with Crippen molar-refractivity contribution in [3.05, 3.63) is 229 Å². The summed E-state index contributed by atoms with van der Waals surface area (Å²) >= 11 is 0. The third-order valence-corrected chi connectivity index (χ3v) is 15.0. The minimum absolute atomic E-state index is 0.150. The van der Waals surface area contributed by atoms with Crippen LogP contribution in [0.5, 0.6) is 5.75 Å². The predicted molar refractivity (Wildman–Crippen MR) is 296 cm³/mol. The topological polar surface area (TPSA) is 50.9 Å². The Labute approximate surface area is 419 Å². The molecule has 10 aromatic rings. The molecule has 4 nitrogen and oxygen atoms in total. The summed E-state index contributed by atoms with van der Waals surface area (Å²) in [5.74, 6) is 1.61. The van der Waals surface area contributed by atoms with Crippen LogP contribution in [0.25, 0.3) is 83.9 Å². The summed E-state index contributed by atoms with van der Waals surface area (Å²) < 4.78 is 2.29. The Hall–Kier alpha value is -7.82. The van der Waals surface area contributed by atoms with Crippen LogP contribution >= 0.6 is 0 Å².